The van der Waals surface area contributed by atoms with Crippen molar-refractivity contribution in [1.82, 2.24) is 5.32 Å². The topological polar surface area (TPSA) is 65.6 Å². The molecule has 0 spiro atoms. The Hall–Kier alpha value is -0.840. The minimum atomic E-state index is -0.0222. The van der Waals surface area contributed by atoms with Gasteiger partial charge in [-0.05, 0) is 25.5 Å². The summed E-state index contributed by atoms with van der Waals surface area (Å²) in [4.78, 5) is 0. The van der Waals surface area contributed by atoms with Crippen LogP contribution in [0.3, 0.4) is 0 Å². The summed E-state index contributed by atoms with van der Waals surface area (Å²) in [7, 11) is 0. The smallest absolute Gasteiger partial charge is 0.105 e. The molecule has 0 bridgehead atoms. The highest BCUT2D eigenvalue weighted by atomic mass is 16.3. The van der Waals surface area contributed by atoms with Crippen molar-refractivity contribution in [2.24, 2.45) is 0 Å². The van der Waals surface area contributed by atoms with Crippen LogP contribution >= 0.6 is 0 Å². The van der Waals surface area contributed by atoms with Gasteiger partial charge in [0, 0.05) is 25.6 Å². The molecule has 0 aliphatic rings. The summed E-state index contributed by atoms with van der Waals surface area (Å²) in [6.07, 6.45) is 1.38. The van der Waals surface area contributed by atoms with Gasteiger partial charge >= 0.3 is 0 Å². The first kappa shape index (κ1) is 12.2. The van der Waals surface area contributed by atoms with E-state index in [9.17, 15) is 0 Å². The number of aliphatic hydroxyl groups excluding tert-OH is 2. The van der Waals surface area contributed by atoms with Crippen molar-refractivity contribution >= 4 is 0 Å². The number of aliphatic hydroxyl groups is 2. The number of rotatable bonds is 7. The molecule has 0 radical (unpaired) electrons. The van der Waals surface area contributed by atoms with Crippen molar-refractivity contribution in [3.63, 3.8) is 0 Å². The number of furan rings is 1. The highest BCUT2D eigenvalue weighted by molar-refractivity contribution is 5.05. The largest absolute Gasteiger partial charge is 0.466 e. The Morgan fingerprint density at radius 2 is 2.20 bits per heavy atom. The van der Waals surface area contributed by atoms with E-state index in [1.807, 2.05) is 19.1 Å². The van der Waals surface area contributed by atoms with Gasteiger partial charge in [0.1, 0.15) is 11.5 Å². The second kappa shape index (κ2) is 6.61. The summed E-state index contributed by atoms with van der Waals surface area (Å²) in [5.41, 5.74) is 0. The molecule has 86 valence electrons. The van der Waals surface area contributed by atoms with Gasteiger partial charge in [-0.15, -0.1) is 0 Å². The number of hydrogen-bond acceptors (Lipinski definition) is 4. The zero-order valence-electron chi connectivity index (χ0n) is 9.07. The molecule has 0 aliphatic heterocycles. The molecule has 1 atom stereocenters. The standard InChI is InChI=1S/C11H19NO3/c1-9-2-3-11(15-9)4-6-12-10(8-14)5-7-13/h2-3,10,12-14H,4-8H2,1H3. The maximum Gasteiger partial charge on any atom is 0.105 e. The molecule has 1 rings (SSSR count). The number of hydrogen-bond donors (Lipinski definition) is 3. The van der Waals surface area contributed by atoms with Crippen LogP contribution in [0.15, 0.2) is 16.5 Å². The molecule has 1 aromatic rings. The molecule has 0 saturated carbocycles. The van der Waals surface area contributed by atoms with E-state index < -0.39 is 0 Å². The highest BCUT2D eigenvalue weighted by Gasteiger charge is 2.05. The van der Waals surface area contributed by atoms with Gasteiger partial charge in [0.05, 0.1) is 6.61 Å². The maximum atomic E-state index is 8.96. The van der Waals surface area contributed by atoms with Crippen LogP contribution in [-0.4, -0.2) is 36.0 Å². The van der Waals surface area contributed by atoms with Crippen LogP contribution in [0, 0.1) is 6.92 Å². The summed E-state index contributed by atoms with van der Waals surface area (Å²) in [5.74, 6) is 1.86. The molecule has 0 saturated heterocycles. The quantitative estimate of drug-likeness (QED) is 0.616. The Labute approximate surface area is 89.9 Å². The van der Waals surface area contributed by atoms with E-state index >= 15 is 0 Å². The second-order valence-electron chi connectivity index (χ2n) is 3.61. The predicted octanol–water partition coefficient (Wildman–Crippen LogP) is 0.463. The number of aryl methyl sites for hydroxylation is 1. The van der Waals surface area contributed by atoms with Gasteiger partial charge in [-0.3, -0.25) is 0 Å². The van der Waals surface area contributed by atoms with Crippen LogP contribution in [-0.2, 0) is 6.42 Å². The fourth-order valence-electron chi connectivity index (χ4n) is 1.43. The third kappa shape index (κ3) is 4.46. The van der Waals surface area contributed by atoms with Crippen LogP contribution in [0.2, 0.25) is 0 Å². The fourth-order valence-corrected chi connectivity index (χ4v) is 1.43. The molecule has 0 aromatic carbocycles. The first-order valence-electron chi connectivity index (χ1n) is 5.26. The van der Waals surface area contributed by atoms with Gasteiger partial charge in [0.2, 0.25) is 0 Å². The van der Waals surface area contributed by atoms with Gasteiger partial charge in [-0.25, -0.2) is 0 Å². The van der Waals surface area contributed by atoms with Gasteiger partial charge in [-0.2, -0.15) is 0 Å². The lowest BCUT2D eigenvalue weighted by Crippen LogP contribution is -2.34. The summed E-state index contributed by atoms with van der Waals surface area (Å²) >= 11 is 0. The van der Waals surface area contributed by atoms with Gasteiger partial charge in [0.15, 0.2) is 0 Å². The Morgan fingerprint density at radius 3 is 2.73 bits per heavy atom. The molecule has 3 N–H and O–H groups in total. The lowest BCUT2D eigenvalue weighted by molar-refractivity contribution is 0.200. The average Bonchev–Trinajstić information content (AvgIpc) is 2.63. The maximum absolute atomic E-state index is 8.96. The second-order valence-corrected chi connectivity index (χ2v) is 3.61. The predicted molar refractivity (Wildman–Crippen MR) is 57.7 cm³/mol. The van der Waals surface area contributed by atoms with Crippen LogP contribution in [0.5, 0.6) is 0 Å². The van der Waals surface area contributed by atoms with E-state index in [-0.39, 0.29) is 19.3 Å². The molecule has 1 unspecified atom stereocenters. The minimum absolute atomic E-state index is 0.0222. The lowest BCUT2D eigenvalue weighted by atomic mass is 10.2. The third-order valence-corrected chi connectivity index (χ3v) is 2.30. The Morgan fingerprint density at radius 1 is 1.40 bits per heavy atom. The molecule has 1 heterocycles. The highest BCUT2D eigenvalue weighted by Crippen LogP contribution is 2.06. The first-order chi connectivity index (χ1) is 7.26. The van der Waals surface area contributed by atoms with Crippen molar-refractivity contribution in [2.45, 2.75) is 25.8 Å². The van der Waals surface area contributed by atoms with Gasteiger partial charge in [0.25, 0.3) is 0 Å². The van der Waals surface area contributed by atoms with Crippen molar-refractivity contribution < 1.29 is 14.6 Å². The normalized spacial score (nSPS) is 13.0. The molecular formula is C11H19NO3. The first-order valence-corrected chi connectivity index (χ1v) is 5.26. The summed E-state index contributed by atoms with van der Waals surface area (Å²) in [5, 5.41) is 20.8. The molecule has 4 heteroatoms. The molecular weight excluding hydrogens is 194 g/mol. The van der Waals surface area contributed by atoms with Gasteiger partial charge < -0.3 is 19.9 Å². The average molecular weight is 213 g/mol. The summed E-state index contributed by atoms with van der Waals surface area (Å²) < 4.78 is 5.41. The van der Waals surface area contributed by atoms with E-state index in [0.29, 0.717) is 6.42 Å². The molecule has 15 heavy (non-hydrogen) atoms. The third-order valence-electron chi connectivity index (χ3n) is 2.30. The van der Waals surface area contributed by atoms with E-state index in [2.05, 4.69) is 5.32 Å². The van der Waals surface area contributed by atoms with E-state index in [1.54, 1.807) is 0 Å². The van der Waals surface area contributed by atoms with E-state index in [1.165, 1.54) is 0 Å². The van der Waals surface area contributed by atoms with E-state index in [0.717, 1.165) is 24.5 Å². The molecule has 1 aromatic heterocycles. The van der Waals surface area contributed by atoms with Crippen LogP contribution < -0.4 is 5.32 Å². The number of nitrogens with one attached hydrogen (secondary N) is 1. The van der Waals surface area contributed by atoms with Crippen LogP contribution in [0.25, 0.3) is 0 Å². The summed E-state index contributed by atoms with van der Waals surface area (Å²) in [6, 6.07) is 3.87. The SMILES string of the molecule is Cc1ccc(CCNC(CO)CCO)o1. The van der Waals surface area contributed by atoms with Crippen molar-refractivity contribution in [3.8, 4) is 0 Å². The Kier molecular flexibility index (Phi) is 5.39. The lowest BCUT2D eigenvalue weighted by Gasteiger charge is -2.13. The van der Waals surface area contributed by atoms with Crippen molar-refractivity contribution in [1.29, 1.82) is 0 Å². The molecule has 0 aliphatic carbocycles. The van der Waals surface area contributed by atoms with Crippen LogP contribution in [0.1, 0.15) is 17.9 Å². The molecule has 0 fully saturated rings. The Bertz CT molecular complexity index is 273. The van der Waals surface area contributed by atoms with Gasteiger partial charge in [-0.1, -0.05) is 0 Å². The van der Waals surface area contributed by atoms with E-state index in [4.69, 9.17) is 14.6 Å². The zero-order valence-corrected chi connectivity index (χ0v) is 9.07. The molecule has 0 amide bonds. The van der Waals surface area contributed by atoms with Crippen molar-refractivity contribution in [3.05, 3.63) is 23.7 Å². The van der Waals surface area contributed by atoms with Crippen LogP contribution in [0.4, 0.5) is 0 Å². The Balaban J connectivity index is 2.20. The minimum Gasteiger partial charge on any atom is -0.466 e. The monoisotopic (exact) mass is 213 g/mol. The zero-order chi connectivity index (χ0) is 11.1. The molecule has 4 nitrogen and oxygen atoms in total. The van der Waals surface area contributed by atoms with Crippen molar-refractivity contribution in [2.75, 3.05) is 19.8 Å². The fraction of sp³-hybridized carbons (Fsp3) is 0.636. The summed E-state index contributed by atoms with van der Waals surface area (Å²) in [6.45, 7) is 2.81.